The zero-order chi connectivity index (χ0) is 19.1. The maximum atomic E-state index is 12.6. The Hall–Kier alpha value is -2.57. The number of thioether (sulfide) groups is 1. The van der Waals surface area contributed by atoms with Gasteiger partial charge in [0, 0.05) is 29.6 Å². The molecule has 0 saturated heterocycles. The fourth-order valence-corrected chi connectivity index (χ4v) is 3.33. The molecule has 1 N–H and O–H groups in total. The van der Waals surface area contributed by atoms with Crippen molar-refractivity contribution < 1.29 is 4.79 Å². The van der Waals surface area contributed by atoms with Gasteiger partial charge in [-0.25, -0.2) is 4.98 Å². The number of aromatic nitrogens is 2. The molecule has 0 radical (unpaired) electrons. The van der Waals surface area contributed by atoms with Gasteiger partial charge in [-0.3, -0.25) is 14.2 Å². The Bertz CT molecular complexity index is 959. The van der Waals surface area contributed by atoms with Crippen LogP contribution < -0.4 is 10.9 Å². The Balaban J connectivity index is 1.56. The molecular formula is C20H18ClN3O2S. The van der Waals surface area contributed by atoms with Gasteiger partial charge >= 0.3 is 0 Å². The molecule has 0 aliphatic rings. The van der Waals surface area contributed by atoms with Crippen LogP contribution in [0.2, 0.25) is 5.02 Å². The predicted molar refractivity (Wildman–Crippen MR) is 109 cm³/mol. The Morgan fingerprint density at radius 1 is 1.11 bits per heavy atom. The van der Waals surface area contributed by atoms with Gasteiger partial charge < -0.3 is 5.32 Å². The summed E-state index contributed by atoms with van der Waals surface area (Å²) in [5.41, 5.74) is 1.60. The first-order chi connectivity index (χ1) is 13.1. The van der Waals surface area contributed by atoms with Crippen LogP contribution in [0.15, 0.2) is 76.8 Å². The van der Waals surface area contributed by atoms with Crippen LogP contribution in [0.5, 0.6) is 0 Å². The van der Waals surface area contributed by atoms with E-state index in [2.05, 4.69) is 10.3 Å². The quantitative estimate of drug-likeness (QED) is 0.619. The normalized spacial score (nSPS) is 10.6. The highest BCUT2D eigenvalue weighted by Gasteiger charge is 2.10. The van der Waals surface area contributed by atoms with Gasteiger partial charge in [-0.05, 0) is 36.2 Å². The van der Waals surface area contributed by atoms with E-state index in [9.17, 15) is 9.59 Å². The average Bonchev–Trinajstić information content (AvgIpc) is 2.69. The Morgan fingerprint density at radius 3 is 2.59 bits per heavy atom. The molecule has 3 rings (SSSR count). The van der Waals surface area contributed by atoms with Crippen molar-refractivity contribution in [3.8, 4) is 5.69 Å². The van der Waals surface area contributed by atoms with E-state index in [1.54, 1.807) is 36.7 Å². The molecule has 0 aliphatic heterocycles. The van der Waals surface area contributed by atoms with E-state index in [1.807, 2.05) is 30.3 Å². The van der Waals surface area contributed by atoms with Crippen LogP contribution in [0.4, 0.5) is 0 Å². The number of hydrogen-bond acceptors (Lipinski definition) is 4. The van der Waals surface area contributed by atoms with E-state index in [4.69, 9.17) is 11.6 Å². The van der Waals surface area contributed by atoms with Crippen molar-refractivity contribution in [2.24, 2.45) is 0 Å². The van der Waals surface area contributed by atoms with Crippen LogP contribution in [0, 0.1) is 0 Å². The minimum Gasteiger partial charge on any atom is -0.355 e. The molecule has 7 heteroatoms. The van der Waals surface area contributed by atoms with Gasteiger partial charge in [0.15, 0.2) is 5.03 Å². The van der Waals surface area contributed by atoms with E-state index in [0.29, 0.717) is 17.3 Å². The van der Waals surface area contributed by atoms with Crippen molar-refractivity contribution in [1.82, 2.24) is 14.9 Å². The van der Waals surface area contributed by atoms with Crippen LogP contribution in [0.1, 0.15) is 5.56 Å². The Morgan fingerprint density at radius 2 is 1.85 bits per heavy atom. The van der Waals surface area contributed by atoms with Gasteiger partial charge in [0.1, 0.15) is 0 Å². The lowest BCUT2D eigenvalue weighted by molar-refractivity contribution is -0.118. The SMILES string of the molecule is O=C(CSc1nccn(-c2ccc(Cl)cc2)c1=O)NCCc1ccccc1. The number of carbonyl (C=O) groups is 1. The van der Waals surface area contributed by atoms with Crippen LogP contribution in [-0.2, 0) is 11.2 Å². The molecule has 0 spiro atoms. The molecule has 5 nitrogen and oxygen atoms in total. The van der Waals surface area contributed by atoms with Crippen molar-refractivity contribution in [1.29, 1.82) is 0 Å². The molecule has 0 bridgehead atoms. The van der Waals surface area contributed by atoms with E-state index < -0.39 is 0 Å². The first kappa shape index (κ1) is 19.2. The first-order valence-electron chi connectivity index (χ1n) is 8.40. The third kappa shape index (κ3) is 5.45. The highest BCUT2D eigenvalue weighted by Crippen LogP contribution is 2.14. The van der Waals surface area contributed by atoms with Crippen molar-refractivity contribution in [2.75, 3.05) is 12.3 Å². The number of nitrogens with one attached hydrogen (secondary N) is 1. The summed E-state index contributed by atoms with van der Waals surface area (Å²) < 4.78 is 1.49. The lowest BCUT2D eigenvalue weighted by atomic mass is 10.1. The van der Waals surface area contributed by atoms with Crippen molar-refractivity contribution >= 4 is 29.3 Å². The van der Waals surface area contributed by atoms with Gasteiger partial charge in [0.2, 0.25) is 5.91 Å². The number of amides is 1. The lowest BCUT2D eigenvalue weighted by Crippen LogP contribution is -2.28. The fourth-order valence-electron chi connectivity index (χ4n) is 2.47. The summed E-state index contributed by atoms with van der Waals surface area (Å²) in [6.45, 7) is 0.556. The zero-order valence-electron chi connectivity index (χ0n) is 14.5. The van der Waals surface area contributed by atoms with Gasteiger partial charge in [0.05, 0.1) is 5.75 Å². The maximum Gasteiger partial charge on any atom is 0.287 e. The maximum absolute atomic E-state index is 12.6. The van der Waals surface area contributed by atoms with Gasteiger partial charge in [-0.2, -0.15) is 0 Å². The van der Waals surface area contributed by atoms with Crippen LogP contribution in [0.3, 0.4) is 0 Å². The van der Waals surface area contributed by atoms with E-state index in [1.165, 1.54) is 10.1 Å². The molecule has 27 heavy (non-hydrogen) atoms. The second-order valence-electron chi connectivity index (χ2n) is 5.76. The molecule has 1 heterocycles. The second-order valence-corrected chi connectivity index (χ2v) is 7.16. The highest BCUT2D eigenvalue weighted by atomic mass is 35.5. The van der Waals surface area contributed by atoms with Crippen LogP contribution in [-0.4, -0.2) is 27.8 Å². The number of nitrogens with zero attached hydrogens (tertiary/aromatic N) is 2. The average molecular weight is 400 g/mol. The third-order valence-corrected chi connectivity index (χ3v) is 5.04. The molecule has 0 fully saturated rings. The molecule has 1 aromatic heterocycles. The van der Waals surface area contributed by atoms with Crippen LogP contribution in [0.25, 0.3) is 5.69 Å². The molecule has 1 amide bonds. The summed E-state index contributed by atoms with van der Waals surface area (Å²) in [7, 11) is 0. The number of halogens is 1. The summed E-state index contributed by atoms with van der Waals surface area (Å²) in [5, 5.41) is 3.75. The van der Waals surface area contributed by atoms with E-state index in [0.717, 1.165) is 18.2 Å². The summed E-state index contributed by atoms with van der Waals surface area (Å²) >= 11 is 7.02. The largest absolute Gasteiger partial charge is 0.355 e. The minimum atomic E-state index is -0.262. The fraction of sp³-hybridized carbons (Fsp3) is 0.150. The molecule has 138 valence electrons. The molecule has 0 unspecified atom stereocenters. The number of rotatable bonds is 7. The zero-order valence-corrected chi connectivity index (χ0v) is 16.0. The summed E-state index contributed by atoms with van der Waals surface area (Å²) in [5.74, 6) is 0.0146. The standard InChI is InChI=1S/C20H18ClN3O2S/c21-16-6-8-17(9-7-16)24-13-12-23-19(20(24)26)27-14-18(25)22-11-10-15-4-2-1-3-5-15/h1-9,12-13H,10-11,14H2,(H,22,25). The van der Waals surface area contributed by atoms with Crippen molar-refractivity contribution in [3.63, 3.8) is 0 Å². The second kappa shape index (κ2) is 9.39. The highest BCUT2D eigenvalue weighted by molar-refractivity contribution is 7.99. The number of hydrogen-bond donors (Lipinski definition) is 1. The van der Waals surface area contributed by atoms with Gasteiger partial charge in [-0.1, -0.05) is 53.7 Å². The number of benzene rings is 2. The van der Waals surface area contributed by atoms with E-state index >= 15 is 0 Å². The van der Waals surface area contributed by atoms with Crippen LogP contribution >= 0.6 is 23.4 Å². The smallest absolute Gasteiger partial charge is 0.287 e. The topological polar surface area (TPSA) is 64.0 Å². The summed E-state index contributed by atoms with van der Waals surface area (Å²) in [6.07, 6.45) is 3.91. The van der Waals surface area contributed by atoms with Crippen molar-refractivity contribution in [2.45, 2.75) is 11.4 Å². The first-order valence-corrected chi connectivity index (χ1v) is 9.77. The molecule has 2 aromatic carbocycles. The minimum absolute atomic E-state index is 0.126. The summed E-state index contributed by atoms with van der Waals surface area (Å²) in [6, 6.07) is 16.9. The molecular weight excluding hydrogens is 382 g/mol. The monoisotopic (exact) mass is 399 g/mol. The van der Waals surface area contributed by atoms with E-state index in [-0.39, 0.29) is 22.2 Å². The molecule has 3 aromatic rings. The molecule has 0 aliphatic carbocycles. The lowest BCUT2D eigenvalue weighted by Gasteiger charge is -2.08. The Labute approximate surface area is 166 Å². The Kier molecular flexibility index (Phi) is 6.68. The summed E-state index contributed by atoms with van der Waals surface area (Å²) in [4.78, 5) is 28.7. The predicted octanol–water partition coefficient (Wildman–Crippen LogP) is 3.34. The molecule has 0 atom stereocenters. The molecule has 0 saturated carbocycles. The third-order valence-electron chi connectivity index (χ3n) is 3.83. The van der Waals surface area contributed by atoms with Gasteiger partial charge in [-0.15, -0.1) is 0 Å². The van der Waals surface area contributed by atoms with Crippen molar-refractivity contribution in [3.05, 3.63) is 87.9 Å². The van der Waals surface area contributed by atoms with Gasteiger partial charge in [0.25, 0.3) is 5.56 Å². The number of carbonyl (C=O) groups excluding carboxylic acids is 1.